The highest BCUT2D eigenvalue weighted by atomic mass is 79.9. The zero-order valence-electron chi connectivity index (χ0n) is 10.2. The van der Waals surface area contributed by atoms with Gasteiger partial charge in [-0.05, 0) is 48.6 Å². The fraction of sp³-hybridized carbons (Fsp3) is 0.583. The molecule has 16 heavy (non-hydrogen) atoms. The Kier molecular flexibility index (Phi) is 5.95. The van der Waals surface area contributed by atoms with E-state index in [0.29, 0.717) is 6.04 Å². The van der Waals surface area contributed by atoms with Gasteiger partial charge in [0.15, 0.2) is 0 Å². The Labute approximate surface area is 106 Å². The number of halogens is 1. The van der Waals surface area contributed by atoms with Crippen molar-refractivity contribution in [2.75, 3.05) is 20.1 Å². The molecular formula is C12H20BrN3. The number of pyridine rings is 1. The topological polar surface area (TPSA) is 28.2 Å². The molecule has 1 atom stereocenters. The summed E-state index contributed by atoms with van der Waals surface area (Å²) in [5, 5.41) is 3.47. The first-order chi connectivity index (χ1) is 7.63. The molecule has 0 saturated heterocycles. The Morgan fingerprint density at radius 1 is 1.56 bits per heavy atom. The smallest absolute Gasteiger partial charge is 0.0683 e. The van der Waals surface area contributed by atoms with Gasteiger partial charge in [-0.3, -0.25) is 4.98 Å². The molecule has 0 radical (unpaired) electrons. The summed E-state index contributed by atoms with van der Waals surface area (Å²) >= 11 is 3.50. The van der Waals surface area contributed by atoms with Gasteiger partial charge in [0.25, 0.3) is 0 Å². The highest BCUT2D eigenvalue weighted by Gasteiger charge is 2.06. The van der Waals surface area contributed by atoms with E-state index in [0.717, 1.165) is 29.8 Å². The third-order valence-electron chi connectivity index (χ3n) is 2.58. The van der Waals surface area contributed by atoms with Crippen LogP contribution in [0.1, 0.15) is 19.5 Å². The molecule has 1 unspecified atom stereocenters. The normalized spacial score (nSPS) is 13.1. The number of nitrogens with zero attached hydrogens (tertiary/aromatic N) is 2. The standard InChI is InChI=1S/C12H20BrN3/c1-4-16(3)9-10(2)15-8-12-11(13)6-5-7-14-12/h5-7,10,15H,4,8-9H2,1-3H3. The number of aromatic nitrogens is 1. The summed E-state index contributed by atoms with van der Waals surface area (Å²) in [6.07, 6.45) is 1.82. The Bertz CT molecular complexity index is 317. The lowest BCUT2D eigenvalue weighted by molar-refractivity contribution is 0.309. The average molecular weight is 286 g/mol. The number of hydrogen-bond acceptors (Lipinski definition) is 3. The van der Waals surface area contributed by atoms with Gasteiger partial charge in [-0.2, -0.15) is 0 Å². The molecule has 1 N–H and O–H groups in total. The van der Waals surface area contributed by atoms with Crippen molar-refractivity contribution in [1.29, 1.82) is 0 Å². The van der Waals surface area contributed by atoms with Crippen LogP contribution in [-0.2, 0) is 6.54 Å². The van der Waals surface area contributed by atoms with Crippen LogP contribution in [0.5, 0.6) is 0 Å². The Morgan fingerprint density at radius 2 is 2.31 bits per heavy atom. The molecule has 0 aliphatic heterocycles. The lowest BCUT2D eigenvalue weighted by Crippen LogP contribution is -2.37. The van der Waals surface area contributed by atoms with E-state index in [9.17, 15) is 0 Å². The van der Waals surface area contributed by atoms with Gasteiger partial charge >= 0.3 is 0 Å². The van der Waals surface area contributed by atoms with Crippen molar-refractivity contribution in [3.05, 3.63) is 28.5 Å². The molecule has 0 aromatic carbocycles. The van der Waals surface area contributed by atoms with Gasteiger partial charge in [-0.15, -0.1) is 0 Å². The molecule has 1 heterocycles. The summed E-state index contributed by atoms with van der Waals surface area (Å²) in [4.78, 5) is 6.62. The molecule has 1 aromatic rings. The SMILES string of the molecule is CCN(C)CC(C)NCc1ncccc1Br. The van der Waals surface area contributed by atoms with Gasteiger partial charge in [0, 0.05) is 29.8 Å². The maximum atomic E-state index is 4.33. The molecule has 4 heteroatoms. The summed E-state index contributed by atoms with van der Waals surface area (Å²) < 4.78 is 1.07. The van der Waals surface area contributed by atoms with Crippen LogP contribution < -0.4 is 5.32 Å². The van der Waals surface area contributed by atoms with E-state index in [1.807, 2.05) is 18.3 Å². The van der Waals surface area contributed by atoms with Gasteiger partial charge in [0.2, 0.25) is 0 Å². The van der Waals surface area contributed by atoms with Crippen molar-refractivity contribution >= 4 is 15.9 Å². The fourth-order valence-electron chi connectivity index (χ4n) is 1.48. The van der Waals surface area contributed by atoms with E-state index in [2.05, 4.69) is 52.0 Å². The highest BCUT2D eigenvalue weighted by Crippen LogP contribution is 2.12. The average Bonchev–Trinajstić information content (AvgIpc) is 2.28. The third kappa shape index (κ3) is 4.60. The van der Waals surface area contributed by atoms with Crippen molar-refractivity contribution in [2.24, 2.45) is 0 Å². The van der Waals surface area contributed by atoms with Gasteiger partial charge in [-0.1, -0.05) is 6.92 Å². The molecule has 1 rings (SSSR count). The Hall–Kier alpha value is -0.450. The summed E-state index contributed by atoms with van der Waals surface area (Å²) in [6, 6.07) is 4.42. The summed E-state index contributed by atoms with van der Waals surface area (Å²) in [5.74, 6) is 0. The molecule has 0 bridgehead atoms. The number of hydrogen-bond donors (Lipinski definition) is 1. The third-order valence-corrected chi connectivity index (χ3v) is 3.30. The minimum atomic E-state index is 0.471. The van der Waals surface area contributed by atoms with Crippen LogP contribution in [0, 0.1) is 0 Å². The maximum Gasteiger partial charge on any atom is 0.0683 e. The largest absolute Gasteiger partial charge is 0.307 e. The van der Waals surface area contributed by atoms with Gasteiger partial charge < -0.3 is 10.2 Å². The second-order valence-electron chi connectivity index (χ2n) is 4.07. The molecule has 0 aliphatic rings. The predicted molar refractivity (Wildman–Crippen MR) is 71.4 cm³/mol. The van der Waals surface area contributed by atoms with E-state index >= 15 is 0 Å². The van der Waals surface area contributed by atoms with E-state index in [-0.39, 0.29) is 0 Å². The van der Waals surface area contributed by atoms with Crippen LogP contribution in [0.2, 0.25) is 0 Å². The van der Waals surface area contributed by atoms with Crippen molar-refractivity contribution < 1.29 is 0 Å². The van der Waals surface area contributed by atoms with Crippen molar-refractivity contribution in [3.8, 4) is 0 Å². The molecule has 3 nitrogen and oxygen atoms in total. The minimum absolute atomic E-state index is 0.471. The lowest BCUT2D eigenvalue weighted by atomic mass is 10.3. The van der Waals surface area contributed by atoms with Gasteiger partial charge in [0.05, 0.1) is 5.69 Å². The van der Waals surface area contributed by atoms with Crippen LogP contribution in [-0.4, -0.2) is 36.1 Å². The van der Waals surface area contributed by atoms with Crippen molar-refractivity contribution in [2.45, 2.75) is 26.4 Å². The molecule has 0 spiro atoms. The molecule has 90 valence electrons. The van der Waals surface area contributed by atoms with Gasteiger partial charge in [-0.25, -0.2) is 0 Å². The van der Waals surface area contributed by atoms with E-state index in [4.69, 9.17) is 0 Å². The second kappa shape index (κ2) is 6.99. The fourth-order valence-corrected chi connectivity index (χ4v) is 1.88. The number of likely N-dealkylation sites (N-methyl/N-ethyl adjacent to an activating group) is 1. The zero-order chi connectivity index (χ0) is 12.0. The van der Waals surface area contributed by atoms with Crippen LogP contribution in [0.15, 0.2) is 22.8 Å². The van der Waals surface area contributed by atoms with Crippen LogP contribution in [0.4, 0.5) is 0 Å². The first-order valence-corrected chi connectivity index (χ1v) is 6.44. The molecule has 0 fully saturated rings. The predicted octanol–water partition coefficient (Wildman–Crippen LogP) is 2.27. The zero-order valence-corrected chi connectivity index (χ0v) is 11.8. The maximum absolute atomic E-state index is 4.33. The Balaban J connectivity index is 2.37. The van der Waals surface area contributed by atoms with Crippen molar-refractivity contribution in [1.82, 2.24) is 15.2 Å². The van der Waals surface area contributed by atoms with Crippen LogP contribution >= 0.6 is 15.9 Å². The quantitative estimate of drug-likeness (QED) is 0.869. The van der Waals surface area contributed by atoms with E-state index < -0.39 is 0 Å². The first-order valence-electron chi connectivity index (χ1n) is 5.64. The monoisotopic (exact) mass is 285 g/mol. The van der Waals surface area contributed by atoms with Crippen LogP contribution in [0.25, 0.3) is 0 Å². The first kappa shape index (κ1) is 13.6. The summed E-state index contributed by atoms with van der Waals surface area (Å²) in [6.45, 7) is 7.31. The minimum Gasteiger partial charge on any atom is -0.307 e. The molecule has 0 saturated carbocycles. The van der Waals surface area contributed by atoms with Gasteiger partial charge in [0.1, 0.15) is 0 Å². The number of rotatable bonds is 6. The Morgan fingerprint density at radius 3 is 2.94 bits per heavy atom. The lowest BCUT2D eigenvalue weighted by Gasteiger charge is -2.20. The second-order valence-corrected chi connectivity index (χ2v) is 4.92. The molecule has 0 amide bonds. The van der Waals surface area contributed by atoms with E-state index in [1.165, 1.54) is 0 Å². The number of nitrogens with one attached hydrogen (secondary N) is 1. The highest BCUT2D eigenvalue weighted by molar-refractivity contribution is 9.10. The molecular weight excluding hydrogens is 266 g/mol. The van der Waals surface area contributed by atoms with Crippen LogP contribution in [0.3, 0.4) is 0 Å². The van der Waals surface area contributed by atoms with E-state index in [1.54, 1.807) is 0 Å². The van der Waals surface area contributed by atoms with Crippen molar-refractivity contribution in [3.63, 3.8) is 0 Å². The summed E-state index contributed by atoms with van der Waals surface area (Å²) in [5.41, 5.74) is 1.06. The summed E-state index contributed by atoms with van der Waals surface area (Å²) in [7, 11) is 2.13. The molecule has 0 aliphatic carbocycles. The molecule has 1 aromatic heterocycles.